The van der Waals surface area contributed by atoms with Gasteiger partial charge in [-0.3, -0.25) is 19.3 Å². The van der Waals surface area contributed by atoms with Crippen molar-refractivity contribution in [2.45, 2.75) is 13.5 Å². The molecular formula is C8H10N2O5S. The van der Waals surface area contributed by atoms with Crippen molar-refractivity contribution in [3.63, 3.8) is 0 Å². The molecule has 1 rings (SSSR count). The zero-order chi connectivity index (χ0) is 12.3. The van der Waals surface area contributed by atoms with Gasteiger partial charge < -0.3 is 0 Å². The second-order valence-corrected chi connectivity index (χ2v) is 4.77. The van der Waals surface area contributed by atoms with Crippen LogP contribution in [0.2, 0.25) is 0 Å². The van der Waals surface area contributed by atoms with Gasteiger partial charge in [-0.1, -0.05) is 0 Å². The normalized spacial score (nSPS) is 11.4. The molecule has 0 aliphatic rings. The Morgan fingerprint density at radius 3 is 2.69 bits per heavy atom. The van der Waals surface area contributed by atoms with Crippen LogP contribution in [0, 0.1) is 17.0 Å². The summed E-state index contributed by atoms with van der Waals surface area (Å²) in [4.78, 5) is 13.9. The monoisotopic (exact) mass is 246 g/mol. The molecule has 0 fully saturated rings. The molecule has 0 amide bonds. The summed E-state index contributed by atoms with van der Waals surface area (Å²) in [5.41, 5.74) is 0.429. The fourth-order valence-electron chi connectivity index (χ4n) is 1.07. The van der Waals surface area contributed by atoms with Crippen LogP contribution in [0.4, 0.5) is 5.69 Å². The van der Waals surface area contributed by atoms with Crippen molar-refractivity contribution in [3.05, 3.63) is 33.6 Å². The smallest absolute Gasteiger partial charge is 0.264 e. The van der Waals surface area contributed by atoms with Crippen LogP contribution in [0.1, 0.15) is 11.3 Å². The Kier molecular flexibility index (Phi) is 3.55. The number of rotatable bonds is 4. The summed E-state index contributed by atoms with van der Waals surface area (Å²) in [5.74, 6) is 0. The first kappa shape index (κ1) is 12.5. The fourth-order valence-corrected chi connectivity index (χ4v) is 1.40. The van der Waals surface area contributed by atoms with Crippen molar-refractivity contribution < 1.29 is 17.5 Å². The Balaban J connectivity index is 2.98. The van der Waals surface area contributed by atoms with Gasteiger partial charge in [0, 0.05) is 12.3 Å². The van der Waals surface area contributed by atoms with Crippen LogP contribution >= 0.6 is 0 Å². The highest BCUT2D eigenvalue weighted by molar-refractivity contribution is 7.85. The predicted octanol–water partition coefficient (Wildman–Crippen LogP) is 0.774. The van der Waals surface area contributed by atoms with E-state index in [9.17, 15) is 18.5 Å². The molecule has 88 valence electrons. The highest BCUT2D eigenvalue weighted by Crippen LogP contribution is 2.19. The van der Waals surface area contributed by atoms with Gasteiger partial charge in [0.15, 0.2) is 0 Å². The Morgan fingerprint density at radius 2 is 2.19 bits per heavy atom. The van der Waals surface area contributed by atoms with Gasteiger partial charge in [-0.25, -0.2) is 0 Å². The van der Waals surface area contributed by atoms with Gasteiger partial charge in [-0.05, 0) is 6.92 Å². The molecular weight excluding hydrogens is 236 g/mol. The van der Waals surface area contributed by atoms with E-state index < -0.39 is 15.0 Å². The molecule has 1 heterocycles. The molecule has 8 heteroatoms. The van der Waals surface area contributed by atoms with Gasteiger partial charge in [0.05, 0.1) is 22.4 Å². The summed E-state index contributed by atoms with van der Waals surface area (Å²) in [6, 6.07) is 1.25. The molecule has 0 atom stereocenters. The first-order valence-corrected chi connectivity index (χ1v) is 6.06. The summed E-state index contributed by atoms with van der Waals surface area (Å²) in [6.45, 7) is 1.19. The first-order valence-electron chi connectivity index (χ1n) is 4.24. The van der Waals surface area contributed by atoms with E-state index in [2.05, 4.69) is 9.17 Å². The lowest BCUT2D eigenvalue weighted by atomic mass is 10.2. The predicted molar refractivity (Wildman–Crippen MR) is 55.3 cm³/mol. The topological polar surface area (TPSA) is 99.4 Å². The molecule has 0 aromatic carbocycles. The molecule has 0 aliphatic heterocycles. The average Bonchev–Trinajstić information content (AvgIpc) is 2.14. The SMILES string of the molecule is Cc1c([N+](=O)[O-])ccnc1COS(C)(=O)=O. The highest BCUT2D eigenvalue weighted by atomic mass is 32.2. The summed E-state index contributed by atoms with van der Waals surface area (Å²) in [6.07, 6.45) is 2.14. The number of nitrogens with zero attached hydrogens (tertiary/aromatic N) is 2. The molecule has 16 heavy (non-hydrogen) atoms. The number of pyridine rings is 1. The summed E-state index contributed by atoms with van der Waals surface area (Å²) >= 11 is 0. The zero-order valence-electron chi connectivity index (χ0n) is 8.71. The molecule has 0 bridgehead atoms. The van der Waals surface area contributed by atoms with Crippen molar-refractivity contribution >= 4 is 15.8 Å². The third-order valence-corrected chi connectivity index (χ3v) is 2.43. The molecule has 0 unspecified atom stereocenters. The van der Waals surface area contributed by atoms with E-state index in [1.54, 1.807) is 0 Å². The van der Waals surface area contributed by atoms with Crippen LogP contribution in [0.5, 0.6) is 0 Å². The second kappa shape index (κ2) is 4.54. The van der Waals surface area contributed by atoms with Gasteiger partial charge in [0.1, 0.15) is 6.61 Å². The maximum absolute atomic E-state index is 10.8. The van der Waals surface area contributed by atoms with Crippen molar-refractivity contribution in [1.29, 1.82) is 0 Å². The molecule has 1 aromatic heterocycles. The highest BCUT2D eigenvalue weighted by Gasteiger charge is 2.15. The number of hydrogen-bond donors (Lipinski definition) is 0. The Bertz CT molecular complexity index is 511. The van der Waals surface area contributed by atoms with Crippen LogP contribution in [0.15, 0.2) is 12.3 Å². The van der Waals surface area contributed by atoms with E-state index in [4.69, 9.17) is 0 Å². The van der Waals surface area contributed by atoms with Crippen molar-refractivity contribution in [3.8, 4) is 0 Å². The molecule has 1 aromatic rings. The molecule has 0 spiro atoms. The molecule has 7 nitrogen and oxygen atoms in total. The lowest BCUT2D eigenvalue weighted by Gasteiger charge is -2.04. The quantitative estimate of drug-likeness (QED) is 0.442. The fraction of sp³-hybridized carbons (Fsp3) is 0.375. The van der Waals surface area contributed by atoms with E-state index in [1.165, 1.54) is 19.2 Å². The minimum Gasteiger partial charge on any atom is -0.264 e. The molecule has 0 radical (unpaired) electrons. The zero-order valence-corrected chi connectivity index (χ0v) is 9.52. The van der Waals surface area contributed by atoms with Crippen molar-refractivity contribution in [2.75, 3.05) is 6.26 Å². The van der Waals surface area contributed by atoms with Gasteiger partial charge in [0.2, 0.25) is 0 Å². The van der Waals surface area contributed by atoms with Gasteiger partial charge in [0.25, 0.3) is 15.8 Å². The minimum atomic E-state index is -3.58. The van der Waals surface area contributed by atoms with E-state index in [0.717, 1.165) is 6.26 Å². The van der Waals surface area contributed by atoms with Crippen molar-refractivity contribution in [2.24, 2.45) is 0 Å². The van der Waals surface area contributed by atoms with Gasteiger partial charge in [-0.15, -0.1) is 0 Å². The third kappa shape index (κ3) is 3.24. The van der Waals surface area contributed by atoms with Crippen LogP contribution in [0.3, 0.4) is 0 Å². The summed E-state index contributed by atoms with van der Waals surface area (Å²) in [7, 11) is -3.58. The van der Waals surface area contributed by atoms with E-state index >= 15 is 0 Å². The van der Waals surface area contributed by atoms with E-state index in [0.29, 0.717) is 5.56 Å². The molecule has 0 aliphatic carbocycles. The van der Waals surface area contributed by atoms with Crippen LogP contribution in [0.25, 0.3) is 0 Å². The van der Waals surface area contributed by atoms with Crippen LogP contribution in [-0.4, -0.2) is 24.6 Å². The first-order chi connectivity index (χ1) is 7.31. The molecule has 0 saturated heterocycles. The van der Waals surface area contributed by atoms with Crippen molar-refractivity contribution in [1.82, 2.24) is 4.98 Å². The minimum absolute atomic E-state index is 0.109. The maximum Gasteiger partial charge on any atom is 0.275 e. The third-order valence-electron chi connectivity index (χ3n) is 1.89. The summed E-state index contributed by atoms with van der Waals surface area (Å²) < 4.78 is 26.0. The maximum atomic E-state index is 10.8. The number of aromatic nitrogens is 1. The van der Waals surface area contributed by atoms with E-state index in [-0.39, 0.29) is 18.0 Å². The lowest BCUT2D eigenvalue weighted by molar-refractivity contribution is -0.385. The van der Waals surface area contributed by atoms with Gasteiger partial charge >= 0.3 is 0 Å². The largest absolute Gasteiger partial charge is 0.275 e. The molecule has 0 N–H and O–H groups in total. The van der Waals surface area contributed by atoms with Gasteiger partial charge in [-0.2, -0.15) is 8.42 Å². The Labute approximate surface area is 92.3 Å². The number of hydrogen-bond acceptors (Lipinski definition) is 6. The lowest BCUT2D eigenvalue weighted by Crippen LogP contribution is -2.06. The van der Waals surface area contributed by atoms with Crippen LogP contribution in [-0.2, 0) is 20.9 Å². The second-order valence-electron chi connectivity index (χ2n) is 3.13. The van der Waals surface area contributed by atoms with E-state index in [1.807, 2.05) is 0 Å². The average molecular weight is 246 g/mol. The molecule has 0 saturated carbocycles. The Hall–Kier alpha value is -1.54. The Morgan fingerprint density at radius 1 is 1.56 bits per heavy atom. The number of nitro groups is 1. The van der Waals surface area contributed by atoms with Crippen LogP contribution < -0.4 is 0 Å². The standard InChI is InChI=1S/C8H10N2O5S/c1-6-7(5-15-16(2,13)14)9-4-3-8(6)10(11)12/h3-4H,5H2,1-2H3. The summed E-state index contributed by atoms with van der Waals surface area (Å²) in [5, 5.41) is 10.6.